The molecule has 0 aliphatic carbocycles. The Morgan fingerprint density at radius 3 is 2.96 bits per heavy atom. The van der Waals surface area contributed by atoms with E-state index in [0.717, 1.165) is 16.5 Å². The molecule has 4 aromatic rings. The number of anilines is 1. The summed E-state index contributed by atoms with van der Waals surface area (Å²) in [6, 6.07) is 10.1. The number of benzene rings is 2. The van der Waals surface area contributed by atoms with Crippen LogP contribution in [0.25, 0.3) is 22.1 Å². The minimum atomic E-state index is -0.668. The number of nitro benzene ring substituents is 1. The first kappa shape index (κ1) is 16.4. The van der Waals surface area contributed by atoms with Crippen LogP contribution in [0.5, 0.6) is 5.75 Å². The summed E-state index contributed by atoms with van der Waals surface area (Å²) in [6.07, 6.45) is 1.24. The van der Waals surface area contributed by atoms with E-state index in [0.29, 0.717) is 11.2 Å². The Hall–Kier alpha value is -4.08. The number of fused-ring (bicyclic) bond motifs is 3. The number of aromatic amines is 1. The zero-order valence-electron chi connectivity index (χ0n) is 14.0. The molecular formula is C17H13N7O3. The summed E-state index contributed by atoms with van der Waals surface area (Å²) in [5.74, 6) is -0.319. The van der Waals surface area contributed by atoms with Crippen molar-refractivity contribution in [1.82, 2.24) is 20.2 Å². The summed E-state index contributed by atoms with van der Waals surface area (Å²) < 4.78 is 0. The van der Waals surface area contributed by atoms with E-state index in [2.05, 4.69) is 30.7 Å². The van der Waals surface area contributed by atoms with Crippen molar-refractivity contribution in [3.05, 3.63) is 57.6 Å². The molecule has 2 aromatic carbocycles. The Balaban J connectivity index is 1.61. The monoisotopic (exact) mass is 363 g/mol. The summed E-state index contributed by atoms with van der Waals surface area (Å²) in [7, 11) is 0. The van der Waals surface area contributed by atoms with E-state index >= 15 is 0 Å². The smallest absolute Gasteiger partial charge is 0.311 e. The van der Waals surface area contributed by atoms with Crippen molar-refractivity contribution in [3.63, 3.8) is 0 Å². The Morgan fingerprint density at radius 1 is 1.30 bits per heavy atom. The summed E-state index contributed by atoms with van der Waals surface area (Å²) in [6.45, 7) is 1.99. The average Bonchev–Trinajstić information content (AvgIpc) is 3.00. The zero-order valence-corrected chi connectivity index (χ0v) is 14.0. The molecule has 0 fully saturated rings. The summed E-state index contributed by atoms with van der Waals surface area (Å²) in [5.41, 5.74) is 5.61. The number of nitrogens with one attached hydrogen (secondary N) is 2. The highest BCUT2D eigenvalue weighted by Gasteiger charge is 2.15. The predicted molar refractivity (Wildman–Crippen MR) is 99.9 cm³/mol. The van der Waals surface area contributed by atoms with Crippen LogP contribution in [0.4, 0.5) is 11.6 Å². The van der Waals surface area contributed by atoms with Crippen LogP contribution in [0.3, 0.4) is 0 Å². The number of nitrogens with zero attached hydrogens (tertiary/aromatic N) is 5. The maximum Gasteiger partial charge on any atom is 0.311 e. The first-order valence-electron chi connectivity index (χ1n) is 7.91. The van der Waals surface area contributed by atoms with Crippen molar-refractivity contribution >= 4 is 39.9 Å². The quantitative estimate of drug-likeness (QED) is 0.287. The molecule has 3 N–H and O–H groups in total. The summed E-state index contributed by atoms with van der Waals surface area (Å²) >= 11 is 0. The fourth-order valence-corrected chi connectivity index (χ4v) is 2.69. The van der Waals surface area contributed by atoms with Crippen LogP contribution < -0.4 is 5.43 Å². The summed E-state index contributed by atoms with van der Waals surface area (Å²) in [4.78, 5) is 17.7. The van der Waals surface area contributed by atoms with Gasteiger partial charge in [0.2, 0.25) is 5.75 Å². The number of aromatic nitrogens is 4. The van der Waals surface area contributed by atoms with Crippen LogP contribution in [-0.4, -0.2) is 36.4 Å². The van der Waals surface area contributed by atoms with Gasteiger partial charge >= 0.3 is 5.69 Å². The molecule has 0 amide bonds. The highest BCUT2D eigenvalue weighted by Crippen LogP contribution is 2.28. The van der Waals surface area contributed by atoms with Crippen LogP contribution >= 0.6 is 0 Å². The van der Waals surface area contributed by atoms with E-state index in [1.807, 2.05) is 25.1 Å². The fraction of sp³-hybridized carbons (Fsp3) is 0.0588. The standard InChI is InChI=1S/C17H13N7O3/c1-9-5-6-12-11(7-9)14-16(19-12)20-17(23-21-14)22-18-8-10-3-2-4-13(15(10)25)24(26)27/h2-8,25H,1H3,(H2,19,20,22,23)/b18-8+. The van der Waals surface area contributed by atoms with Gasteiger partial charge in [-0.1, -0.05) is 17.7 Å². The predicted octanol–water partition coefficient (Wildman–Crippen LogP) is 2.87. The van der Waals surface area contributed by atoms with Gasteiger partial charge in [-0.2, -0.15) is 10.1 Å². The molecule has 0 aliphatic heterocycles. The number of hydrazone groups is 1. The highest BCUT2D eigenvalue weighted by molar-refractivity contribution is 6.03. The molecule has 0 unspecified atom stereocenters. The molecule has 0 atom stereocenters. The Labute approximate surface area is 151 Å². The van der Waals surface area contributed by atoms with E-state index in [1.54, 1.807) is 0 Å². The van der Waals surface area contributed by atoms with Gasteiger partial charge in [-0.25, -0.2) is 5.43 Å². The van der Waals surface area contributed by atoms with Gasteiger partial charge in [-0.05, 0) is 25.1 Å². The van der Waals surface area contributed by atoms with E-state index in [-0.39, 0.29) is 11.5 Å². The lowest BCUT2D eigenvalue weighted by molar-refractivity contribution is -0.385. The number of hydrogen-bond donors (Lipinski definition) is 3. The number of rotatable bonds is 4. The zero-order chi connectivity index (χ0) is 19.0. The lowest BCUT2D eigenvalue weighted by Gasteiger charge is -2.00. The van der Waals surface area contributed by atoms with Crippen LogP contribution in [-0.2, 0) is 0 Å². The molecule has 10 heteroatoms. The minimum Gasteiger partial charge on any atom is -0.502 e. The second kappa shape index (κ2) is 6.33. The molecule has 10 nitrogen and oxygen atoms in total. The normalized spacial score (nSPS) is 11.4. The van der Waals surface area contributed by atoms with Crippen LogP contribution in [0.1, 0.15) is 11.1 Å². The molecule has 0 saturated heterocycles. The second-order valence-electron chi connectivity index (χ2n) is 5.85. The largest absolute Gasteiger partial charge is 0.502 e. The highest BCUT2D eigenvalue weighted by atomic mass is 16.6. The van der Waals surface area contributed by atoms with Crippen molar-refractivity contribution in [2.24, 2.45) is 5.10 Å². The van der Waals surface area contributed by atoms with Gasteiger partial charge in [-0.15, -0.1) is 10.2 Å². The second-order valence-corrected chi connectivity index (χ2v) is 5.85. The number of nitro groups is 1. The van der Waals surface area contributed by atoms with E-state index in [1.165, 1.54) is 24.4 Å². The van der Waals surface area contributed by atoms with Crippen LogP contribution in [0.15, 0.2) is 41.5 Å². The maximum atomic E-state index is 10.8. The number of phenols is 1. The van der Waals surface area contributed by atoms with Gasteiger partial charge < -0.3 is 10.1 Å². The molecule has 134 valence electrons. The van der Waals surface area contributed by atoms with E-state index < -0.39 is 16.4 Å². The third-order valence-corrected chi connectivity index (χ3v) is 3.98. The van der Waals surface area contributed by atoms with Crippen molar-refractivity contribution in [3.8, 4) is 5.75 Å². The summed E-state index contributed by atoms with van der Waals surface area (Å²) in [5, 5.41) is 33.7. The first-order chi connectivity index (χ1) is 13.0. The Kier molecular flexibility index (Phi) is 3.84. The molecule has 0 spiro atoms. The van der Waals surface area contributed by atoms with E-state index in [4.69, 9.17) is 0 Å². The lowest BCUT2D eigenvalue weighted by Crippen LogP contribution is -1.99. The fourth-order valence-electron chi connectivity index (χ4n) is 2.69. The van der Waals surface area contributed by atoms with Gasteiger partial charge in [-0.3, -0.25) is 10.1 Å². The van der Waals surface area contributed by atoms with Gasteiger partial charge in [0.1, 0.15) is 5.52 Å². The topological polar surface area (TPSA) is 142 Å². The molecule has 4 rings (SSSR count). The number of phenolic OH excluding ortho intramolecular Hbond substituents is 1. The Bertz CT molecular complexity index is 1220. The minimum absolute atomic E-state index is 0.145. The molecule has 2 aromatic heterocycles. The lowest BCUT2D eigenvalue weighted by atomic mass is 10.2. The van der Waals surface area contributed by atoms with Gasteiger partial charge in [0.05, 0.1) is 11.1 Å². The van der Waals surface area contributed by atoms with Gasteiger partial charge in [0.15, 0.2) is 5.65 Å². The molecule has 0 radical (unpaired) electrons. The number of aryl methyl sites for hydroxylation is 1. The molecule has 0 aliphatic rings. The van der Waals surface area contributed by atoms with Crippen molar-refractivity contribution in [2.75, 3.05) is 5.43 Å². The first-order valence-corrected chi connectivity index (χ1v) is 7.91. The molecular weight excluding hydrogens is 350 g/mol. The third-order valence-electron chi connectivity index (χ3n) is 3.98. The average molecular weight is 363 g/mol. The number of H-pyrrole nitrogens is 1. The Morgan fingerprint density at radius 2 is 2.15 bits per heavy atom. The molecule has 2 heterocycles. The SMILES string of the molecule is Cc1ccc2[nH]c3nc(N/N=C/c4cccc([N+](=O)[O-])c4O)nnc3c2c1. The van der Waals surface area contributed by atoms with Crippen LogP contribution in [0.2, 0.25) is 0 Å². The van der Waals surface area contributed by atoms with Crippen molar-refractivity contribution in [1.29, 1.82) is 0 Å². The number of para-hydroxylation sites is 1. The van der Waals surface area contributed by atoms with Gasteiger partial charge in [0.25, 0.3) is 5.95 Å². The van der Waals surface area contributed by atoms with Crippen LogP contribution in [0, 0.1) is 17.0 Å². The van der Waals surface area contributed by atoms with Crippen molar-refractivity contribution in [2.45, 2.75) is 6.92 Å². The number of hydrogen-bond acceptors (Lipinski definition) is 8. The van der Waals surface area contributed by atoms with Crippen molar-refractivity contribution < 1.29 is 10.0 Å². The molecule has 27 heavy (non-hydrogen) atoms. The molecule has 0 bridgehead atoms. The maximum absolute atomic E-state index is 10.8. The molecule has 0 saturated carbocycles. The van der Waals surface area contributed by atoms with E-state index in [9.17, 15) is 15.2 Å². The van der Waals surface area contributed by atoms with Gasteiger partial charge in [0, 0.05) is 22.5 Å². The number of aromatic hydroxyl groups is 1. The third kappa shape index (κ3) is 2.99.